The molecule has 0 bridgehead atoms. The van der Waals surface area contributed by atoms with Crippen LogP contribution in [-0.4, -0.2) is 50.8 Å². The number of hydrogen-bond donors (Lipinski definition) is 3. The molecule has 0 aromatic carbocycles. The Labute approximate surface area is 116 Å². The molecule has 2 amide bonds. The fourth-order valence-corrected chi connectivity index (χ4v) is 2.23. The number of aromatic nitrogens is 1. The molecule has 1 unspecified atom stereocenters. The summed E-state index contributed by atoms with van der Waals surface area (Å²) in [7, 11) is 0. The number of carbonyl (C=O) groups excluding carboxylic acids is 1. The van der Waals surface area contributed by atoms with E-state index in [2.05, 4.69) is 10.3 Å². The van der Waals surface area contributed by atoms with Crippen molar-refractivity contribution < 1.29 is 19.8 Å². The van der Waals surface area contributed by atoms with E-state index in [1.807, 2.05) is 13.0 Å². The van der Waals surface area contributed by atoms with Crippen molar-refractivity contribution in [2.75, 3.05) is 6.54 Å². The maximum Gasteiger partial charge on any atom is 0.326 e. The van der Waals surface area contributed by atoms with Crippen molar-refractivity contribution in [2.45, 2.75) is 32.0 Å². The average molecular weight is 279 g/mol. The van der Waals surface area contributed by atoms with Crippen molar-refractivity contribution >= 4 is 12.0 Å². The highest BCUT2D eigenvalue weighted by molar-refractivity contribution is 5.83. The Hall–Kier alpha value is -2.15. The second-order valence-corrected chi connectivity index (χ2v) is 4.86. The van der Waals surface area contributed by atoms with Crippen molar-refractivity contribution in [3.63, 3.8) is 0 Å². The third kappa shape index (κ3) is 3.05. The van der Waals surface area contributed by atoms with Crippen LogP contribution in [0.25, 0.3) is 0 Å². The molecule has 20 heavy (non-hydrogen) atoms. The van der Waals surface area contributed by atoms with Crippen molar-refractivity contribution in [2.24, 2.45) is 0 Å². The largest absolute Gasteiger partial charge is 0.480 e. The van der Waals surface area contributed by atoms with Gasteiger partial charge in [-0.1, -0.05) is 0 Å². The monoisotopic (exact) mass is 279 g/mol. The number of carboxylic acids is 1. The van der Waals surface area contributed by atoms with Crippen LogP contribution in [0.3, 0.4) is 0 Å². The number of urea groups is 1. The molecule has 2 heterocycles. The molecule has 1 aliphatic rings. The van der Waals surface area contributed by atoms with E-state index in [1.165, 1.54) is 0 Å². The maximum absolute atomic E-state index is 12.0. The molecular formula is C13H17N3O4. The van der Waals surface area contributed by atoms with Crippen molar-refractivity contribution in [1.29, 1.82) is 0 Å². The topological polar surface area (TPSA) is 103 Å². The molecule has 7 nitrogen and oxygen atoms in total. The van der Waals surface area contributed by atoms with Crippen LogP contribution in [0.1, 0.15) is 17.5 Å². The summed E-state index contributed by atoms with van der Waals surface area (Å²) in [6, 6.07) is 0.374. The van der Waals surface area contributed by atoms with Crippen LogP contribution in [-0.2, 0) is 11.3 Å². The number of amides is 2. The number of pyridine rings is 1. The lowest BCUT2D eigenvalue weighted by Gasteiger charge is -2.21. The smallest absolute Gasteiger partial charge is 0.326 e. The van der Waals surface area contributed by atoms with Gasteiger partial charge in [-0.05, 0) is 24.1 Å². The number of hydrogen-bond acceptors (Lipinski definition) is 4. The molecular weight excluding hydrogens is 262 g/mol. The van der Waals surface area contributed by atoms with Gasteiger partial charge in [-0.15, -0.1) is 0 Å². The Morgan fingerprint density at radius 3 is 2.95 bits per heavy atom. The van der Waals surface area contributed by atoms with Gasteiger partial charge in [0.1, 0.15) is 6.04 Å². The van der Waals surface area contributed by atoms with Gasteiger partial charge in [0.25, 0.3) is 0 Å². The number of nitrogens with zero attached hydrogens (tertiary/aromatic N) is 2. The zero-order chi connectivity index (χ0) is 14.7. The number of β-amino-alcohol motifs (C(OH)–C–C–N with tert-alkyl or cyclic N) is 1. The number of carbonyl (C=O) groups is 2. The quantitative estimate of drug-likeness (QED) is 0.729. The minimum absolute atomic E-state index is 0.0365. The second kappa shape index (κ2) is 5.87. The number of likely N-dealkylation sites (tertiary alicyclic amines) is 1. The maximum atomic E-state index is 12.0. The first-order valence-electron chi connectivity index (χ1n) is 6.34. The summed E-state index contributed by atoms with van der Waals surface area (Å²) in [5.74, 6) is -1.10. The number of aliphatic hydroxyl groups is 1. The minimum atomic E-state index is -1.10. The second-order valence-electron chi connectivity index (χ2n) is 4.86. The first-order chi connectivity index (χ1) is 9.49. The molecule has 0 aliphatic carbocycles. The van der Waals surface area contributed by atoms with Gasteiger partial charge in [0.2, 0.25) is 0 Å². The van der Waals surface area contributed by atoms with Crippen LogP contribution in [0.15, 0.2) is 18.5 Å². The van der Waals surface area contributed by atoms with E-state index in [0.29, 0.717) is 0 Å². The van der Waals surface area contributed by atoms with Crippen molar-refractivity contribution in [3.05, 3.63) is 29.6 Å². The summed E-state index contributed by atoms with van der Waals surface area (Å²) in [5.41, 5.74) is 1.86. The van der Waals surface area contributed by atoms with Crippen LogP contribution >= 0.6 is 0 Å². The van der Waals surface area contributed by atoms with Gasteiger partial charge in [0, 0.05) is 31.9 Å². The molecule has 0 radical (unpaired) electrons. The fraction of sp³-hybridized carbons (Fsp3) is 0.462. The van der Waals surface area contributed by atoms with Gasteiger partial charge in [-0.2, -0.15) is 0 Å². The lowest BCUT2D eigenvalue weighted by molar-refractivity contribution is -0.141. The molecule has 1 aromatic rings. The molecule has 2 rings (SSSR count). The van der Waals surface area contributed by atoms with E-state index in [4.69, 9.17) is 5.11 Å². The van der Waals surface area contributed by atoms with Gasteiger partial charge in [0.05, 0.1) is 6.10 Å². The lowest BCUT2D eigenvalue weighted by atomic mass is 10.1. The predicted molar refractivity (Wildman–Crippen MR) is 70.0 cm³/mol. The Morgan fingerprint density at radius 2 is 2.30 bits per heavy atom. The van der Waals surface area contributed by atoms with Crippen LogP contribution in [0.4, 0.5) is 4.79 Å². The first kappa shape index (κ1) is 14.3. The zero-order valence-electron chi connectivity index (χ0n) is 11.1. The molecule has 7 heteroatoms. The van der Waals surface area contributed by atoms with Crippen LogP contribution in [0, 0.1) is 6.92 Å². The molecule has 1 aliphatic heterocycles. The summed E-state index contributed by atoms with van der Waals surface area (Å²) >= 11 is 0. The molecule has 2 atom stereocenters. The third-order valence-corrected chi connectivity index (χ3v) is 3.40. The summed E-state index contributed by atoms with van der Waals surface area (Å²) in [4.78, 5) is 28.2. The molecule has 1 aromatic heterocycles. The molecule has 0 saturated carbocycles. The Balaban J connectivity index is 1.98. The molecule has 1 fully saturated rings. The van der Waals surface area contributed by atoms with Crippen LogP contribution in [0.5, 0.6) is 0 Å². The van der Waals surface area contributed by atoms with Gasteiger partial charge in [-0.25, -0.2) is 9.59 Å². The van der Waals surface area contributed by atoms with Gasteiger partial charge in [-0.3, -0.25) is 4.98 Å². The molecule has 108 valence electrons. The Bertz CT molecular complexity index is 520. The summed E-state index contributed by atoms with van der Waals surface area (Å²) < 4.78 is 0. The summed E-state index contributed by atoms with van der Waals surface area (Å²) in [6.07, 6.45) is 2.59. The first-order valence-corrected chi connectivity index (χ1v) is 6.34. The lowest BCUT2D eigenvalue weighted by Crippen LogP contribution is -2.46. The summed E-state index contributed by atoms with van der Waals surface area (Å²) in [6.45, 7) is 2.22. The Kier molecular flexibility index (Phi) is 4.19. The SMILES string of the molecule is Cc1ccncc1CNC(=O)N1CC(O)C[C@H]1C(=O)O. The third-order valence-electron chi connectivity index (χ3n) is 3.40. The van der Waals surface area contributed by atoms with Crippen LogP contribution in [0.2, 0.25) is 0 Å². The van der Waals surface area contributed by atoms with Crippen LogP contribution < -0.4 is 5.32 Å². The van der Waals surface area contributed by atoms with E-state index in [-0.39, 0.29) is 19.5 Å². The van der Waals surface area contributed by atoms with Gasteiger partial charge < -0.3 is 20.4 Å². The van der Waals surface area contributed by atoms with E-state index in [0.717, 1.165) is 16.0 Å². The van der Waals surface area contributed by atoms with Crippen molar-refractivity contribution in [1.82, 2.24) is 15.2 Å². The number of aliphatic carboxylic acids is 1. The summed E-state index contributed by atoms with van der Waals surface area (Å²) in [5, 5.41) is 21.2. The van der Waals surface area contributed by atoms with E-state index >= 15 is 0 Å². The minimum Gasteiger partial charge on any atom is -0.480 e. The van der Waals surface area contributed by atoms with Gasteiger partial charge in [0.15, 0.2) is 0 Å². The molecule has 1 saturated heterocycles. The van der Waals surface area contributed by atoms with E-state index < -0.39 is 24.1 Å². The highest BCUT2D eigenvalue weighted by Crippen LogP contribution is 2.18. The number of aryl methyl sites for hydroxylation is 1. The standard InChI is InChI=1S/C13H17N3O4/c1-8-2-3-14-5-9(8)6-15-13(20)16-7-10(17)4-11(16)12(18)19/h2-3,5,10-11,17H,4,6-7H2,1H3,(H,15,20)(H,18,19)/t10?,11-/m0/s1. The normalized spacial score (nSPS) is 21.8. The highest BCUT2D eigenvalue weighted by Gasteiger charge is 2.38. The number of aliphatic hydroxyl groups excluding tert-OH is 1. The molecule has 0 spiro atoms. The Morgan fingerprint density at radius 1 is 1.55 bits per heavy atom. The van der Waals surface area contributed by atoms with Crippen molar-refractivity contribution in [3.8, 4) is 0 Å². The average Bonchev–Trinajstić information content (AvgIpc) is 2.80. The zero-order valence-corrected chi connectivity index (χ0v) is 11.1. The predicted octanol–water partition coefficient (Wildman–Crippen LogP) is 0.119. The highest BCUT2D eigenvalue weighted by atomic mass is 16.4. The van der Waals surface area contributed by atoms with E-state index in [9.17, 15) is 14.7 Å². The number of carboxylic acid groups (broad SMARTS) is 1. The molecule has 3 N–H and O–H groups in total. The fourth-order valence-electron chi connectivity index (χ4n) is 2.23. The number of nitrogens with one attached hydrogen (secondary N) is 1. The van der Waals surface area contributed by atoms with E-state index in [1.54, 1.807) is 12.4 Å². The van der Waals surface area contributed by atoms with Gasteiger partial charge >= 0.3 is 12.0 Å². The number of rotatable bonds is 3.